The van der Waals surface area contributed by atoms with Gasteiger partial charge in [-0.15, -0.1) is 0 Å². The number of nitrogens with zero attached hydrogens (tertiary/aromatic N) is 4. The Morgan fingerprint density at radius 1 is 0.350 bits per heavy atom. The van der Waals surface area contributed by atoms with Gasteiger partial charge < -0.3 is 25.2 Å². The quantitative estimate of drug-likeness (QED) is 0.0201. The fourth-order valence-corrected chi connectivity index (χ4v) is 15.2. The number of carbonyl (C=O) groups is 1. The van der Waals surface area contributed by atoms with Crippen LogP contribution in [0.15, 0.2) is 97.2 Å². The van der Waals surface area contributed by atoms with Gasteiger partial charge in [0.15, 0.2) is 0 Å². The number of aliphatic hydroxyl groups is 4. The molecule has 1 aliphatic heterocycles. The summed E-state index contributed by atoms with van der Waals surface area (Å²) in [6.45, 7) is 19.3. The zero-order valence-electron chi connectivity index (χ0n) is 65.8. The highest BCUT2D eigenvalue weighted by molar-refractivity contribution is 8.76. The van der Waals surface area contributed by atoms with E-state index in [9.17, 15) is 25.2 Å². The molecule has 0 aromatic carbocycles. The molecule has 0 radical (unpaired) electrons. The molecule has 0 aromatic heterocycles. The lowest BCUT2D eigenvalue weighted by atomic mass is 10.1. The van der Waals surface area contributed by atoms with Gasteiger partial charge in [0.1, 0.15) is 6.61 Å². The highest BCUT2D eigenvalue weighted by Crippen LogP contribution is 2.23. The second-order valence-electron chi connectivity index (χ2n) is 29.1. The molecule has 4 unspecified atom stereocenters. The number of hydrogen-bond donors (Lipinski definition) is 4. The number of rotatable bonds is 76. The number of carbonyl (C=O) groups excluding carboxylic acids is 1. The van der Waals surface area contributed by atoms with E-state index >= 15 is 0 Å². The third-order valence-corrected chi connectivity index (χ3v) is 21.8. The minimum Gasteiger partial charge on any atom is -0.464 e. The molecule has 1 fully saturated rings. The summed E-state index contributed by atoms with van der Waals surface area (Å²) in [5.74, 6) is 2.03. The SMILES string of the molecule is CC/C=C\C/C=C\C/C=C\CCCCCCC(O)CN(CCCSSCCN1CCN(CCOC(=O)CCCCN(CC(O)CCCCCC/C=C\CCCCCCCC)CC(O)CCCCCC/C=C\CCCCCCCC)CC1)CC(O)CCCCCC/C=C\C/C=C\C/C=C\CC. The minimum absolute atomic E-state index is 0.123. The summed E-state index contributed by atoms with van der Waals surface area (Å²) in [6.07, 6.45) is 89.3. The van der Waals surface area contributed by atoms with Gasteiger partial charge in [-0.05, 0) is 174 Å². The van der Waals surface area contributed by atoms with Crippen LogP contribution in [0.2, 0.25) is 0 Å². The molecule has 4 N–H and O–H groups in total. The largest absolute Gasteiger partial charge is 0.464 e. The summed E-state index contributed by atoms with van der Waals surface area (Å²) in [5.41, 5.74) is 0. The number of esters is 1. The molecule has 12 heteroatoms. The van der Waals surface area contributed by atoms with Crippen LogP contribution in [-0.2, 0) is 9.53 Å². The van der Waals surface area contributed by atoms with Crippen molar-refractivity contribution < 1.29 is 30.0 Å². The van der Waals surface area contributed by atoms with Gasteiger partial charge in [0, 0.05) is 83.4 Å². The third-order valence-electron chi connectivity index (χ3n) is 19.4. The molecule has 100 heavy (non-hydrogen) atoms. The number of allylic oxidation sites excluding steroid dienone is 16. The second-order valence-corrected chi connectivity index (χ2v) is 31.8. The Labute approximate surface area is 627 Å². The van der Waals surface area contributed by atoms with Crippen LogP contribution in [-0.4, -0.2) is 167 Å². The molecule has 0 bridgehead atoms. The first-order valence-electron chi connectivity index (χ1n) is 42.4. The first-order chi connectivity index (χ1) is 49.2. The monoisotopic (exact) mass is 1440 g/mol. The van der Waals surface area contributed by atoms with Gasteiger partial charge in [-0.3, -0.25) is 24.4 Å². The average molecular weight is 1440 g/mol. The molecular formula is C88H162N4O6S2. The van der Waals surface area contributed by atoms with E-state index in [-0.39, 0.29) is 18.2 Å². The predicted octanol–water partition coefficient (Wildman–Crippen LogP) is 22.8. The first-order valence-corrected chi connectivity index (χ1v) is 44.9. The molecule has 0 aromatic rings. The van der Waals surface area contributed by atoms with Crippen molar-refractivity contribution in [3.8, 4) is 0 Å². The van der Waals surface area contributed by atoms with Crippen molar-refractivity contribution in [1.82, 2.24) is 19.6 Å². The van der Waals surface area contributed by atoms with Gasteiger partial charge in [-0.2, -0.15) is 0 Å². The van der Waals surface area contributed by atoms with Crippen LogP contribution in [0, 0.1) is 0 Å². The van der Waals surface area contributed by atoms with Crippen molar-refractivity contribution in [2.24, 2.45) is 0 Å². The van der Waals surface area contributed by atoms with Crippen molar-refractivity contribution >= 4 is 27.6 Å². The number of unbranched alkanes of at least 4 members (excludes halogenated alkanes) is 29. The Morgan fingerprint density at radius 2 is 0.650 bits per heavy atom. The Morgan fingerprint density at radius 3 is 1.02 bits per heavy atom. The summed E-state index contributed by atoms with van der Waals surface area (Å²) in [5, 5.41) is 44.8. The van der Waals surface area contributed by atoms with Crippen LogP contribution >= 0.6 is 21.6 Å². The van der Waals surface area contributed by atoms with Gasteiger partial charge in [-0.25, -0.2) is 0 Å². The fourth-order valence-electron chi connectivity index (χ4n) is 13.1. The maximum atomic E-state index is 12.9. The molecule has 0 aliphatic carbocycles. The van der Waals surface area contributed by atoms with Gasteiger partial charge in [0.2, 0.25) is 0 Å². The molecule has 1 heterocycles. The second kappa shape index (κ2) is 77.9. The molecule has 0 amide bonds. The van der Waals surface area contributed by atoms with E-state index < -0.39 is 12.2 Å². The Bertz CT molecular complexity index is 1850. The van der Waals surface area contributed by atoms with Gasteiger partial charge in [-0.1, -0.05) is 288 Å². The number of hydrogen-bond acceptors (Lipinski definition) is 12. The highest BCUT2D eigenvalue weighted by atomic mass is 33.1. The average Bonchev–Trinajstić information content (AvgIpc) is 1.79. The van der Waals surface area contributed by atoms with Crippen molar-refractivity contribution in [1.29, 1.82) is 0 Å². The molecular weight excluding hydrogens is 1270 g/mol. The van der Waals surface area contributed by atoms with Crippen LogP contribution in [0.25, 0.3) is 0 Å². The standard InChI is InChI=1S/C88H162N4O6S2/c1-5-9-13-17-21-25-29-33-37-41-45-49-53-57-64-84(93)80-91(81-85(94)65-58-54-50-46-42-38-34-30-26-22-18-14-10-6-2)69-62-61-68-88(97)98-77-75-89-71-73-90(74-72-89)76-79-100-99-78-63-70-92(82-86(95)66-59-55-51-47-43-39-35-31-27-23-19-15-11-7-3)83-87(96)67-60-56-52-48-44-40-36-32-28-24-20-16-12-8-4/h11-12,15-16,23-24,27-28,33-40,84-87,93-96H,5-10,13-14,17-22,25-26,29-32,41-83H2,1-4H3/b15-11-,16-12-,27-23-,28-24-,37-33-,38-34-,39-35-,40-36-. The van der Waals surface area contributed by atoms with Crippen LogP contribution in [0.3, 0.4) is 0 Å². The van der Waals surface area contributed by atoms with Crippen molar-refractivity contribution in [3.63, 3.8) is 0 Å². The molecule has 1 aliphatic rings. The van der Waals surface area contributed by atoms with E-state index in [1.54, 1.807) is 0 Å². The summed E-state index contributed by atoms with van der Waals surface area (Å²) in [7, 11) is 3.93. The predicted molar refractivity (Wildman–Crippen MR) is 443 cm³/mol. The van der Waals surface area contributed by atoms with E-state index in [0.29, 0.717) is 39.2 Å². The Balaban J connectivity index is 2.47. The summed E-state index contributed by atoms with van der Waals surface area (Å²) < 4.78 is 5.77. The topological polar surface area (TPSA) is 120 Å². The van der Waals surface area contributed by atoms with Gasteiger partial charge in [0.05, 0.1) is 24.4 Å². The first kappa shape index (κ1) is 95.8. The van der Waals surface area contributed by atoms with E-state index in [1.807, 2.05) is 21.6 Å². The lowest BCUT2D eigenvalue weighted by molar-refractivity contribution is -0.144. The van der Waals surface area contributed by atoms with Gasteiger partial charge in [0.25, 0.3) is 0 Å². The number of piperazine rings is 1. The maximum Gasteiger partial charge on any atom is 0.305 e. The summed E-state index contributed by atoms with van der Waals surface area (Å²) in [6, 6.07) is 0. The van der Waals surface area contributed by atoms with E-state index in [1.165, 1.54) is 141 Å². The molecule has 1 saturated heterocycles. The van der Waals surface area contributed by atoms with Crippen LogP contribution in [0.1, 0.15) is 336 Å². The molecule has 10 nitrogen and oxygen atoms in total. The lowest BCUT2D eigenvalue weighted by Gasteiger charge is -2.34. The maximum absolute atomic E-state index is 12.9. The summed E-state index contributed by atoms with van der Waals surface area (Å²) >= 11 is 0. The third kappa shape index (κ3) is 70.1. The van der Waals surface area contributed by atoms with Crippen LogP contribution in [0.5, 0.6) is 0 Å². The number of ether oxygens (including phenoxy) is 1. The Hall–Kier alpha value is -2.23. The van der Waals surface area contributed by atoms with E-state index in [0.717, 1.165) is 224 Å². The molecule has 0 spiro atoms. The zero-order chi connectivity index (χ0) is 72.2. The van der Waals surface area contributed by atoms with Crippen LogP contribution in [0.4, 0.5) is 0 Å². The molecule has 1 rings (SSSR count). The Kier molecular flexibility index (Phi) is 74.6. The summed E-state index contributed by atoms with van der Waals surface area (Å²) in [4.78, 5) is 22.5. The van der Waals surface area contributed by atoms with Crippen LogP contribution < -0.4 is 0 Å². The molecule has 0 saturated carbocycles. The fraction of sp³-hybridized carbons (Fsp3) is 0.807. The van der Waals surface area contributed by atoms with Gasteiger partial charge >= 0.3 is 5.97 Å². The van der Waals surface area contributed by atoms with Crippen molar-refractivity contribution in [3.05, 3.63) is 97.2 Å². The minimum atomic E-state index is -0.406. The van der Waals surface area contributed by atoms with E-state index in [2.05, 4.69) is 145 Å². The normalized spacial score (nSPS) is 15.1. The van der Waals surface area contributed by atoms with E-state index in [4.69, 9.17) is 4.74 Å². The van der Waals surface area contributed by atoms with Crippen molar-refractivity contribution in [2.45, 2.75) is 360 Å². The lowest BCUT2D eigenvalue weighted by Crippen LogP contribution is -2.47. The van der Waals surface area contributed by atoms with Crippen molar-refractivity contribution in [2.75, 3.05) is 96.6 Å². The smallest absolute Gasteiger partial charge is 0.305 e. The number of aliphatic hydroxyl groups excluding tert-OH is 4. The molecule has 582 valence electrons. The zero-order valence-corrected chi connectivity index (χ0v) is 67.4. The molecule has 4 atom stereocenters. The highest BCUT2D eigenvalue weighted by Gasteiger charge is 2.20.